The van der Waals surface area contributed by atoms with Gasteiger partial charge in [-0.25, -0.2) is 8.42 Å². The third-order valence-corrected chi connectivity index (χ3v) is 7.42. The lowest BCUT2D eigenvalue weighted by Crippen LogP contribution is -2.48. The zero-order valence-corrected chi connectivity index (χ0v) is 17.0. The Morgan fingerprint density at radius 2 is 1.64 bits per heavy atom. The van der Waals surface area contributed by atoms with Crippen molar-refractivity contribution < 1.29 is 13.2 Å². The van der Waals surface area contributed by atoms with Crippen LogP contribution >= 0.6 is 0 Å². The highest BCUT2D eigenvalue weighted by Gasteiger charge is 2.29. The van der Waals surface area contributed by atoms with E-state index in [1.807, 2.05) is 30.3 Å². The summed E-state index contributed by atoms with van der Waals surface area (Å²) in [5.41, 5.74) is 4.05. The highest BCUT2D eigenvalue weighted by Crippen LogP contribution is 2.29. The van der Waals surface area contributed by atoms with Gasteiger partial charge in [-0.15, -0.1) is 0 Å². The molecular weight excluding hydrogens is 374 g/mol. The molecule has 1 amide bonds. The van der Waals surface area contributed by atoms with Gasteiger partial charge >= 0.3 is 0 Å². The zero-order valence-electron chi connectivity index (χ0n) is 16.2. The lowest BCUT2D eigenvalue weighted by atomic mass is 10.0. The summed E-state index contributed by atoms with van der Waals surface area (Å²) in [6.07, 6.45) is 0.407. The minimum atomic E-state index is -3.47. The van der Waals surface area contributed by atoms with E-state index in [9.17, 15) is 13.2 Å². The molecular formula is C21H25N3O3S. The van der Waals surface area contributed by atoms with Gasteiger partial charge in [0, 0.05) is 37.6 Å². The number of nitrogens with zero attached hydrogens (tertiary/aromatic N) is 2. The van der Waals surface area contributed by atoms with Gasteiger partial charge in [0.2, 0.25) is 15.9 Å². The second-order valence-electron chi connectivity index (χ2n) is 7.68. The third kappa shape index (κ3) is 3.52. The fourth-order valence-electron chi connectivity index (χ4n) is 3.77. The third-order valence-electron chi connectivity index (χ3n) is 5.50. The number of benzene rings is 2. The second-order valence-corrected chi connectivity index (χ2v) is 9.62. The van der Waals surface area contributed by atoms with Crippen molar-refractivity contribution in [3.63, 3.8) is 0 Å². The van der Waals surface area contributed by atoms with E-state index in [4.69, 9.17) is 0 Å². The Morgan fingerprint density at radius 1 is 0.964 bits per heavy atom. The number of rotatable bonds is 4. The van der Waals surface area contributed by atoms with Gasteiger partial charge in [-0.2, -0.15) is 4.31 Å². The summed E-state index contributed by atoms with van der Waals surface area (Å²) in [6.45, 7) is 6.33. The van der Waals surface area contributed by atoms with E-state index in [2.05, 4.69) is 24.1 Å². The largest absolute Gasteiger partial charge is 0.369 e. The number of nitrogens with one attached hydrogen (secondary N) is 1. The monoisotopic (exact) mass is 399 g/mol. The van der Waals surface area contributed by atoms with Crippen molar-refractivity contribution in [2.24, 2.45) is 0 Å². The summed E-state index contributed by atoms with van der Waals surface area (Å²) in [6, 6.07) is 13.2. The number of amides is 1. The number of hydrogen-bond donors (Lipinski definition) is 1. The second kappa shape index (κ2) is 7.22. The van der Waals surface area contributed by atoms with Crippen molar-refractivity contribution >= 4 is 27.3 Å². The molecule has 6 nitrogen and oxygen atoms in total. The van der Waals surface area contributed by atoms with Gasteiger partial charge in [-0.05, 0) is 47.4 Å². The molecule has 7 heteroatoms. The summed E-state index contributed by atoms with van der Waals surface area (Å²) in [5.74, 6) is 0.393. The molecule has 0 unspecified atom stereocenters. The molecule has 28 heavy (non-hydrogen) atoms. The van der Waals surface area contributed by atoms with E-state index < -0.39 is 10.0 Å². The number of hydrogen-bond acceptors (Lipinski definition) is 4. The SMILES string of the molecule is CC(C)c1ccc(S(=O)(=O)N2CCN(c3ccc4c(c3)CC(=O)N4)CC2)cc1. The predicted molar refractivity (Wildman–Crippen MR) is 110 cm³/mol. The first kappa shape index (κ1) is 19.0. The molecule has 1 fully saturated rings. The standard InChI is InChI=1S/C21H25N3O3S/c1-15(2)16-3-6-19(7-4-16)28(26,27)24-11-9-23(10-12-24)18-5-8-20-17(13-18)14-21(25)22-20/h3-8,13,15H,9-12,14H2,1-2H3,(H,22,25). The highest BCUT2D eigenvalue weighted by atomic mass is 32.2. The van der Waals surface area contributed by atoms with Crippen LogP contribution in [0.4, 0.5) is 11.4 Å². The van der Waals surface area contributed by atoms with Crippen LogP contribution in [0.25, 0.3) is 0 Å². The molecule has 0 aliphatic carbocycles. The van der Waals surface area contributed by atoms with Crippen LogP contribution in [-0.4, -0.2) is 44.8 Å². The Morgan fingerprint density at radius 3 is 2.29 bits per heavy atom. The summed E-state index contributed by atoms with van der Waals surface area (Å²) < 4.78 is 27.5. The van der Waals surface area contributed by atoms with Crippen molar-refractivity contribution in [3.05, 3.63) is 53.6 Å². The van der Waals surface area contributed by atoms with Crippen molar-refractivity contribution in [2.45, 2.75) is 31.1 Å². The first-order valence-electron chi connectivity index (χ1n) is 9.62. The fourth-order valence-corrected chi connectivity index (χ4v) is 5.20. The lowest BCUT2D eigenvalue weighted by Gasteiger charge is -2.35. The Labute approximate surface area is 166 Å². The number of fused-ring (bicyclic) bond motifs is 1. The number of piperazine rings is 1. The van der Waals surface area contributed by atoms with Gasteiger partial charge in [0.25, 0.3) is 0 Å². The molecule has 2 aliphatic heterocycles. The molecule has 2 aromatic carbocycles. The van der Waals surface area contributed by atoms with Gasteiger partial charge in [0.05, 0.1) is 11.3 Å². The molecule has 0 aromatic heterocycles. The molecule has 148 valence electrons. The molecule has 2 aliphatic rings. The minimum Gasteiger partial charge on any atom is -0.369 e. The maximum absolute atomic E-state index is 13.0. The van der Waals surface area contributed by atoms with E-state index in [0.29, 0.717) is 43.4 Å². The highest BCUT2D eigenvalue weighted by molar-refractivity contribution is 7.89. The van der Waals surface area contributed by atoms with Crippen molar-refractivity contribution in [1.82, 2.24) is 4.31 Å². The van der Waals surface area contributed by atoms with Crippen LogP contribution in [0.2, 0.25) is 0 Å². The number of carbonyl (C=O) groups excluding carboxylic acids is 1. The summed E-state index contributed by atoms with van der Waals surface area (Å²) in [5, 5.41) is 2.84. The quantitative estimate of drug-likeness (QED) is 0.858. The molecule has 2 heterocycles. The fraction of sp³-hybridized carbons (Fsp3) is 0.381. The molecule has 0 radical (unpaired) electrons. The van der Waals surface area contributed by atoms with E-state index >= 15 is 0 Å². The van der Waals surface area contributed by atoms with Crippen molar-refractivity contribution in [1.29, 1.82) is 0 Å². The molecule has 1 N–H and O–H groups in total. The van der Waals surface area contributed by atoms with E-state index in [1.165, 1.54) is 0 Å². The normalized spacial score (nSPS) is 17.7. The molecule has 2 aromatic rings. The number of sulfonamides is 1. The summed E-state index contributed by atoms with van der Waals surface area (Å²) in [4.78, 5) is 14.1. The van der Waals surface area contributed by atoms with E-state index in [0.717, 1.165) is 22.5 Å². The molecule has 0 saturated carbocycles. The van der Waals surface area contributed by atoms with Crippen LogP contribution in [0.1, 0.15) is 30.9 Å². The van der Waals surface area contributed by atoms with Gasteiger partial charge in [-0.3, -0.25) is 4.79 Å². The molecule has 0 atom stereocenters. The van der Waals surface area contributed by atoms with Crippen molar-refractivity contribution in [2.75, 3.05) is 36.4 Å². The Kier molecular flexibility index (Phi) is 4.89. The minimum absolute atomic E-state index is 0.0200. The van der Waals surface area contributed by atoms with Crippen LogP contribution in [0, 0.1) is 0 Å². The number of carbonyl (C=O) groups is 1. The van der Waals surface area contributed by atoms with Gasteiger partial charge < -0.3 is 10.2 Å². The van der Waals surface area contributed by atoms with Gasteiger partial charge in [-0.1, -0.05) is 26.0 Å². The molecule has 4 rings (SSSR count). The average Bonchev–Trinajstić information content (AvgIpc) is 3.07. The van der Waals surface area contributed by atoms with Gasteiger partial charge in [0.15, 0.2) is 0 Å². The van der Waals surface area contributed by atoms with Crippen LogP contribution in [0.5, 0.6) is 0 Å². The van der Waals surface area contributed by atoms with Crippen LogP contribution in [0.3, 0.4) is 0 Å². The lowest BCUT2D eigenvalue weighted by molar-refractivity contribution is -0.115. The van der Waals surface area contributed by atoms with Crippen molar-refractivity contribution in [3.8, 4) is 0 Å². The Bertz CT molecular complexity index is 992. The van der Waals surface area contributed by atoms with Gasteiger partial charge in [0.1, 0.15) is 0 Å². The summed E-state index contributed by atoms with van der Waals surface area (Å²) in [7, 11) is -3.47. The van der Waals surface area contributed by atoms with E-state index in [-0.39, 0.29) is 5.91 Å². The smallest absolute Gasteiger partial charge is 0.243 e. The van der Waals surface area contributed by atoms with Crippen LogP contribution in [0.15, 0.2) is 47.4 Å². The Hall–Kier alpha value is -2.38. The maximum Gasteiger partial charge on any atom is 0.243 e. The summed E-state index contributed by atoms with van der Waals surface area (Å²) >= 11 is 0. The number of anilines is 2. The predicted octanol–water partition coefficient (Wildman–Crippen LogP) is 2.82. The molecule has 0 bridgehead atoms. The average molecular weight is 400 g/mol. The topological polar surface area (TPSA) is 69.7 Å². The van der Waals surface area contributed by atoms with Crippen LogP contribution < -0.4 is 10.2 Å². The Balaban J connectivity index is 1.45. The van der Waals surface area contributed by atoms with Crippen LogP contribution in [-0.2, 0) is 21.2 Å². The zero-order chi connectivity index (χ0) is 19.9. The maximum atomic E-state index is 13.0. The molecule has 1 saturated heterocycles. The first-order chi connectivity index (χ1) is 13.3. The van der Waals surface area contributed by atoms with E-state index in [1.54, 1.807) is 16.4 Å². The molecule has 0 spiro atoms. The first-order valence-corrected chi connectivity index (χ1v) is 11.1.